The number of benzene rings is 2. The van der Waals surface area contributed by atoms with Gasteiger partial charge >= 0.3 is 12.1 Å². The maximum Gasteiger partial charge on any atom is 0.471 e. The van der Waals surface area contributed by atoms with Crippen LogP contribution in [0.15, 0.2) is 53.1 Å². The van der Waals surface area contributed by atoms with Crippen LogP contribution in [0.4, 0.5) is 13.2 Å². The summed E-state index contributed by atoms with van der Waals surface area (Å²) in [7, 11) is 0. The van der Waals surface area contributed by atoms with Gasteiger partial charge in [0.05, 0.1) is 6.54 Å². The SMILES string of the molecule is O=Cc1ccc(-c2nnn(Cc3ccc(-c4noc(C(F)(F)F)n4)cc3)n2)cc1. The van der Waals surface area contributed by atoms with Crippen LogP contribution in [0.2, 0.25) is 0 Å². The molecule has 0 bridgehead atoms. The Bertz CT molecular complexity index is 1130. The van der Waals surface area contributed by atoms with E-state index in [9.17, 15) is 18.0 Å². The Labute approximate surface area is 161 Å². The van der Waals surface area contributed by atoms with Gasteiger partial charge in [0.25, 0.3) is 0 Å². The van der Waals surface area contributed by atoms with Gasteiger partial charge in [0, 0.05) is 16.7 Å². The van der Waals surface area contributed by atoms with E-state index in [1.165, 1.54) is 4.80 Å². The molecular weight excluding hydrogens is 389 g/mol. The summed E-state index contributed by atoms with van der Waals surface area (Å²) >= 11 is 0. The highest BCUT2D eigenvalue weighted by atomic mass is 19.4. The number of hydrogen-bond donors (Lipinski definition) is 0. The molecule has 0 aliphatic carbocycles. The minimum absolute atomic E-state index is 0.149. The van der Waals surface area contributed by atoms with Crippen molar-refractivity contribution in [2.45, 2.75) is 12.7 Å². The second kappa shape index (κ2) is 7.26. The molecule has 11 heteroatoms. The van der Waals surface area contributed by atoms with Crippen molar-refractivity contribution in [1.29, 1.82) is 0 Å². The van der Waals surface area contributed by atoms with Crippen LogP contribution in [0, 0.1) is 0 Å². The topological polar surface area (TPSA) is 99.6 Å². The molecule has 0 fully saturated rings. The van der Waals surface area contributed by atoms with Crippen LogP contribution in [0.3, 0.4) is 0 Å². The Kier molecular flexibility index (Phi) is 4.63. The lowest BCUT2D eigenvalue weighted by atomic mass is 10.1. The first kappa shape index (κ1) is 18.5. The summed E-state index contributed by atoms with van der Waals surface area (Å²) < 4.78 is 41.9. The molecule has 0 saturated heterocycles. The highest BCUT2D eigenvalue weighted by Crippen LogP contribution is 2.29. The first-order valence-corrected chi connectivity index (χ1v) is 8.26. The smallest absolute Gasteiger partial charge is 0.329 e. The molecule has 0 N–H and O–H groups in total. The number of alkyl halides is 3. The van der Waals surface area contributed by atoms with Crippen LogP contribution >= 0.6 is 0 Å². The first-order valence-electron chi connectivity index (χ1n) is 8.26. The van der Waals surface area contributed by atoms with Crippen LogP contribution in [0.25, 0.3) is 22.8 Å². The standard InChI is InChI=1S/C18H11F3N6O2/c19-18(20,21)17-22-15(25-29-17)13-5-1-11(2-6-13)9-27-24-16(23-26-27)14-7-3-12(10-28)4-8-14/h1-8,10H,9H2. The van der Waals surface area contributed by atoms with Gasteiger partial charge in [-0.1, -0.05) is 53.7 Å². The van der Waals surface area contributed by atoms with Crippen molar-refractivity contribution in [3.05, 3.63) is 65.5 Å². The van der Waals surface area contributed by atoms with Crippen molar-refractivity contribution in [2.75, 3.05) is 0 Å². The number of carbonyl (C=O) groups excluding carboxylic acids is 1. The molecule has 0 aliphatic heterocycles. The summed E-state index contributed by atoms with van der Waals surface area (Å²) in [5.41, 5.74) is 2.45. The van der Waals surface area contributed by atoms with Crippen molar-refractivity contribution < 1.29 is 22.5 Å². The number of aromatic nitrogens is 6. The second-order valence-electron chi connectivity index (χ2n) is 6.00. The van der Waals surface area contributed by atoms with Gasteiger partial charge in [-0.25, -0.2) is 0 Å². The fourth-order valence-corrected chi connectivity index (χ4v) is 2.51. The molecule has 4 rings (SSSR count). The number of nitrogens with zero attached hydrogens (tertiary/aromatic N) is 6. The number of rotatable bonds is 5. The lowest BCUT2D eigenvalue weighted by Crippen LogP contribution is -2.05. The van der Waals surface area contributed by atoms with E-state index in [0.717, 1.165) is 17.4 Å². The van der Waals surface area contributed by atoms with Crippen LogP contribution in [0.1, 0.15) is 21.8 Å². The normalized spacial score (nSPS) is 11.6. The van der Waals surface area contributed by atoms with Crippen molar-refractivity contribution in [3.8, 4) is 22.8 Å². The highest BCUT2D eigenvalue weighted by Gasteiger charge is 2.38. The van der Waals surface area contributed by atoms with Crippen LogP contribution in [-0.4, -0.2) is 36.6 Å². The van der Waals surface area contributed by atoms with Gasteiger partial charge in [-0.15, -0.1) is 10.2 Å². The van der Waals surface area contributed by atoms with Gasteiger partial charge < -0.3 is 4.52 Å². The van der Waals surface area contributed by atoms with Crippen molar-refractivity contribution in [1.82, 2.24) is 30.3 Å². The molecule has 146 valence electrons. The van der Waals surface area contributed by atoms with E-state index in [1.807, 2.05) is 0 Å². The molecule has 0 spiro atoms. The molecule has 0 saturated carbocycles. The third-order valence-corrected chi connectivity index (χ3v) is 3.96. The Balaban J connectivity index is 1.47. The maximum atomic E-state index is 12.6. The number of aldehydes is 1. The number of tetrazole rings is 1. The van der Waals surface area contributed by atoms with E-state index in [0.29, 0.717) is 23.5 Å². The lowest BCUT2D eigenvalue weighted by Gasteiger charge is -2.01. The second-order valence-corrected chi connectivity index (χ2v) is 6.00. The average Bonchev–Trinajstić information content (AvgIpc) is 3.38. The average molecular weight is 400 g/mol. The predicted octanol–water partition coefficient (Wildman–Crippen LogP) is 3.27. The largest absolute Gasteiger partial charge is 0.471 e. The van der Waals surface area contributed by atoms with E-state index < -0.39 is 12.1 Å². The van der Waals surface area contributed by atoms with Gasteiger partial charge in [0.2, 0.25) is 11.6 Å². The molecule has 2 aromatic carbocycles. The first-order chi connectivity index (χ1) is 13.9. The van der Waals surface area contributed by atoms with Crippen molar-refractivity contribution >= 4 is 6.29 Å². The molecule has 0 unspecified atom stereocenters. The van der Waals surface area contributed by atoms with E-state index in [1.54, 1.807) is 48.5 Å². The van der Waals surface area contributed by atoms with Gasteiger partial charge in [-0.2, -0.15) is 23.0 Å². The van der Waals surface area contributed by atoms with Gasteiger partial charge in [0.15, 0.2) is 0 Å². The van der Waals surface area contributed by atoms with Gasteiger partial charge in [-0.05, 0) is 10.8 Å². The fourth-order valence-electron chi connectivity index (χ4n) is 2.51. The van der Waals surface area contributed by atoms with Crippen molar-refractivity contribution in [2.24, 2.45) is 0 Å². The summed E-state index contributed by atoms with van der Waals surface area (Å²) in [6.45, 7) is 0.305. The third-order valence-electron chi connectivity index (χ3n) is 3.96. The zero-order valence-corrected chi connectivity index (χ0v) is 14.5. The van der Waals surface area contributed by atoms with E-state index >= 15 is 0 Å². The Morgan fingerprint density at radius 2 is 1.62 bits per heavy atom. The zero-order valence-electron chi connectivity index (χ0n) is 14.5. The molecule has 29 heavy (non-hydrogen) atoms. The molecule has 2 heterocycles. The molecule has 0 aliphatic rings. The monoisotopic (exact) mass is 400 g/mol. The molecular formula is C18H11F3N6O2. The molecule has 8 nitrogen and oxygen atoms in total. The minimum Gasteiger partial charge on any atom is -0.329 e. The zero-order chi connectivity index (χ0) is 20.4. The van der Waals surface area contributed by atoms with Crippen molar-refractivity contribution in [3.63, 3.8) is 0 Å². The lowest BCUT2D eigenvalue weighted by molar-refractivity contribution is -0.159. The van der Waals surface area contributed by atoms with E-state index in [-0.39, 0.29) is 5.82 Å². The summed E-state index contributed by atoms with van der Waals surface area (Å²) in [6, 6.07) is 13.3. The predicted molar refractivity (Wildman–Crippen MR) is 92.5 cm³/mol. The van der Waals surface area contributed by atoms with Crippen LogP contribution in [-0.2, 0) is 12.7 Å². The number of halogens is 3. The summed E-state index contributed by atoms with van der Waals surface area (Å²) in [5.74, 6) is -1.13. The number of carbonyl (C=O) groups is 1. The van der Waals surface area contributed by atoms with E-state index in [4.69, 9.17) is 0 Å². The fraction of sp³-hybridized carbons (Fsp3) is 0.111. The maximum absolute atomic E-state index is 12.6. The van der Waals surface area contributed by atoms with Gasteiger partial charge in [-0.3, -0.25) is 4.79 Å². The molecule has 4 aromatic rings. The minimum atomic E-state index is -4.69. The highest BCUT2D eigenvalue weighted by molar-refractivity contribution is 5.76. The Morgan fingerprint density at radius 3 is 2.24 bits per heavy atom. The number of hydrogen-bond acceptors (Lipinski definition) is 7. The summed E-state index contributed by atoms with van der Waals surface area (Å²) in [4.78, 5) is 15.4. The molecule has 0 radical (unpaired) electrons. The molecule has 0 atom stereocenters. The summed E-state index contributed by atoms with van der Waals surface area (Å²) in [5, 5.41) is 15.6. The van der Waals surface area contributed by atoms with Crippen LogP contribution < -0.4 is 0 Å². The Hall–Kier alpha value is -3.89. The molecule has 2 aromatic heterocycles. The van der Waals surface area contributed by atoms with Gasteiger partial charge in [0.1, 0.15) is 6.29 Å². The Morgan fingerprint density at radius 1 is 0.966 bits per heavy atom. The summed E-state index contributed by atoms with van der Waals surface area (Å²) in [6.07, 6.45) is -3.94. The molecule has 0 amide bonds. The quantitative estimate of drug-likeness (QED) is 0.474. The van der Waals surface area contributed by atoms with Crippen LogP contribution in [0.5, 0.6) is 0 Å². The van der Waals surface area contributed by atoms with E-state index in [2.05, 4.69) is 30.1 Å². The third kappa shape index (κ3) is 4.03.